The van der Waals surface area contributed by atoms with Gasteiger partial charge in [0, 0.05) is 5.69 Å². The number of hydrogen-bond acceptors (Lipinski definition) is 2. The minimum Gasteiger partial charge on any atom is -0.326 e. The van der Waals surface area contributed by atoms with E-state index in [-0.39, 0.29) is 11.3 Å². The zero-order valence-electron chi connectivity index (χ0n) is 12.6. The number of H-pyrrole nitrogens is 1. The predicted octanol–water partition coefficient (Wildman–Crippen LogP) is 3.62. The molecule has 0 aromatic carbocycles. The Morgan fingerprint density at radius 2 is 1.75 bits per heavy atom. The molecule has 1 heterocycles. The van der Waals surface area contributed by atoms with Gasteiger partial charge in [0.05, 0.1) is 5.56 Å². The Hall–Kier alpha value is -1.64. The van der Waals surface area contributed by atoms with Gasteiger partial charge in [-0.05, 0) is 56.7 Å². The van der Waals surface area contributed by atoms with Crippen molar-refractivity contribution in [1.82, 2.24) is 4.98 Å². The number of carbonyl (C=O) groups excluding carboxylic acids is 1. The van der Waals surface area contributed by atoms with Gasteiger partial charge < -0.3 is 4.98 Å². The molecule has 1 N–H and O–H groups in total. The maximum absolute atomic E-state index is 12.3. The number of pyridine rings is 1. The number of aromatic nitrogens is 1. The highest BCUT2D eigenvalue weighted by Gasteiger charge is 2.16. The Morgan fingerprint density at radius 1 is 1.10 bits per heavy atom. The van der Waals surface area contributed by atoms with E-state index >= 15 is 0 Å². The van der Waals surface area contributed by atoms with E-state index in [0.717, 1.165) is 29.7 Å². The van der Waals surface area contributed by atoms with E-state index in [4.69, 9.17) is 0 Å². The summed E-state index contributed by atoms with van der Waals surface area (Å²) in [6.07, 6.45) is 9.70. The number of rotatable bonds is 3. The van der Waals surface area contributed by atoms with Gasteiger partial charge in [-0.1, -0.05) is 25.3 Å². The number of hydrogen-bond donors (Lipinski definition) is 1. The molecule has 0 bridgehead atoms. The normalized spacial score (nSPS) is 16.8. The van der Waals surface area contributed by atoms with Crippen LogP contribution < -0.4 is 5.56 Å². The average molecular weight is 273 g/mol. The molecule has 1 saturated carbocycles. The van der Waals surface area contributed by atoms with Crippen LogP contribution in [0, 0.1) is 26.7 Å². The van der Waals surface area contributed by atoms with Crippen LogP contribution in [0.2, 0.25) is 0 Å². The summed E-state index contributed by atoms with van der Waals surface area (Å²) in [5.74, 6) is 0.330. The molecule has 0 atom stereocenters. The van der Waals surface area contributed by atoms with Crippen molar-refractivity contribution >= 4 is 5.78 Å². The lowest BCUT2D eigenvalue weighted by Gasteiger charge is -2.17. The van der Waals surface area contributed by atoms with Crippen LogP contribution in [0.5, 0.6) is 0 Å². The quantitative estimate of drug-likeness (QED) is 0.675. The summed E-state index contributed by atoms with van der Waals surface area (Å²) in [5.41, 5.74) is 2.63. The number of ketones is 1. The highest BCUT2D eigenvalue weighted by Crippen LogP contribution is 2.24. The van der Waals surface area contributed by atoms with Crippen LogP contribution in [0.3, 0.4) is 0 Å². The summed E-state index contributed by atoms with van der Waals surface area (Å²) in [7, 11) is 0. The van der Waals surface area contributed by atoms with Crippen molar-refractivity contribution in [2.45, 2.75) is 52.9 Å². The first-order chi connectivity index (χ1) is 9.50. The Bertz CT molecular complexity index is 590. The van der Waals surface area contributed by atoms with Crippen molar-refractivity contribution in [2.75, 3.05) is 0 Å². The maximum atomic E-state index is 12.3. The number of aromatic amines is 1. The Kier molecular flexibility index (Phi) is 4.58. The van der Waals surface area contributed by atoms with Gasteiger partial charge in [0.25, 0.3) is 5.56 Å². The predicted molar refractivity (Wildman–Crippen MR) is 81.3 cm³/mol. The molecule has 1 fully saturated rings. The fourth-order valence-corrected chi connectivity index (χ4v) is 2.90. The van der Waals surface area contributed by atoms with Crippen molar-refractivity contribution in [3.63, 3.8) is 0 Å². The molecular weight excluding hydrogens is 250 g/mol. The summed E-state index contributed by atoms with van der Waals surface area (Å²) in [6.45, 7) is 5.64. The van der Waals surface area contributed by atoms with Gasteiger partial charge in [0.1, 0.15) is 0 Å². The number of aryl methyl sites for hydroxylation is 1. The Labute approximate surface area is 120 Å². The third-order valence-electron chi connectivity index (χ3n) is 4.44. The van der Waals surface area contributed by atoms with Crippen LogP contribution in [-0.4, -0.2) is 10.8 Å². The average Bonchev–Trinajstić information content (AvgIpc) is 2.44. The molecule has 3 heteroatoms. The van der Waals surface area contributed by atoms with Crippen LogP contribution >= 0.6 is 0 Å². The molecule has 1 aromatic rings. The first-order valence-corrected chi connectivity index (χ1v) is 7.43. The summed E-state index contributed by atoms with van der Waals surface area (Å²) in [4.78, 5) is 27.0. The molecule has 0 spiro atoms. The van der Waals surface area contributed by atoms with E-state index in [1.54, 1.807) is 6.08 Å². The van der Waals surface area contributed by atoms with Gasteiger partial charge in [0.2, 0.25) is 0 Å². The summed E-state index contributed by atoms with van der Waals surface area (Å²) in [5, 5.41) is 0. The smallest absolute Gasteiger partial charge is 0.259 e. The molecule has 1 aliphatic carbocycles. The number of nitrogens with one attached hydrogen (secondary N) is 1. The lowest BCUT2D eigenvalue weighted by Crippen LogP contribution is -2.21. The van der Waals surface area contributed by atoms with Crippen molar-refractivity contribution in [3.8, 4) is 0 Å². The van der Waals surface area contributed by atoms with E-state index in [0.29, 0.717) is 11.5 Å². The first-order valence-electron chi connectivity index (χ1n) is 7.43. The molecule has 0 amide bonds. The van der Waals surface area contributed by atoms with Gasteiger partial charge in [-0.15, -0.1) is 0 Å². The largest absolute Gasteiger partial charge is 0.326 e. The van der Waals surface area contributed by atoms with E-state index in [9.17, 15) is 9.59 Å². The second-order valence-electron chi connectivity index (χ2n) is 5.83. The second kappa shape index (κ2) is 6.21. The molecule has 0 saturated heterocycles. The molecular formula is C17H23NO2. The third kappa shape index (κ3) is 3.09. The fourth-order valence-electron chi connectivity index (χ4n) is 2.90. The van der Waals surface area contributed by atoms with E-state index in [1.165, 1.54) is 19.3 Å². The molecule has 0 aliphatic heterocycles. The molecule has 20 heavy (non-hydrogen) atoms. The monoisotopic (exact) mass is 273 g/mol. The number of carbonyl (C=O) groups is 1. The SMILES string of the molecule is Cc1[nH]c(=O)c(C(=O)/C=C/C2CCCCC2)c(C)c1C. The minimum atomic E-state index is -0.274. The zero-order valence-corrected chi connectivity index (χ0v) is 12.6. The highest BCUT2D eigenvalue weighted by molar-refractivity contribution is 6.05. The van der Waals surface area contributed by atoms with Crippen LogP contribution in [0.25, 0.3) is 0 Å². The van der Waals surface area contributed by atoms with E-state index in [2.05, 4.69) is 4.98 Å². The lowest BCUT2D eigenvalue weighted by atomic mass is 9.88. The third-order valence-corrected chi connectivity index (χ3v) is 4.44. The molecule has 3 nitrogen and oxygen atoms in total. The van der Waals surface area contributed by atoms with Crippen molar-refractivity contribution in [2.24, 2.45) is 5.92 Å². The molecule has 0 unspecified atom stereocenters. The second-order valence-corrected chi connectivity index (χ2v) is 5.83. The van der Waals surface area contributed by atoms with Crippen LogP contribution in [0.15, 0.2) is 16.9 Å². The lowest BCUT2D eigenvalue weighted by molar-refractivity contribution is 0.104. The van der Waals surface area contributed by atoms with E-state index < -0.39 is 0 Å². The Balaban J connectivity index is 2.23. The fraction of sp³-hybridized carbons (Fsp3) is 0.529. The van der Waals surface area contributed by atoms with Gasteiger partial charge in [-0.3, -0.25) is 9.59 Å². The molecule has 2 rings (SSSR count). The van der Waals surface area contributed by atoms with Crippen molar-refractivity contribution in [3.05, 3.63) is 44.9 Å². The molecule has 108 valence electrons. The topological polar surface area (TPSA) is 49.9 Å². The highest BCUT2D eigenvalue weighted by atomic mass is 16.1. The summed E-state index contributed by atoms with van der Waals surface area (Å²) < 4.78 is 0. The van der Waals surface area contributed by atoms with Gasteiger partial charge in [-0.25, -0.2) is 0 Å². The molecule has 1 aromatic heterocycles. The summed E-state index contributed by atoms with van der Waals surface area (Å²) in [6, 6.07) is 0. The number of allylic oxidation sites excluding steroid dienone is 2. The van der Waals surface area contributed by atoms with Crippen molar-refractivity contribution < 1.29 is 4.79 Å². The maximum Gasteiger partial charge on any atom is 0.259 e. The Morgan fingerprint density at radius 3 is 2.40 bits per heavy atom. The van der Waals surface area contributed by atoms with Crippen LogP contribution in [-0.2, 0) is 0 Å². The zero-order chi connectivity index (χ0) is 14.7. The minimum absolute atomic E-state index is 0.169. The van der Waals surface area contributed by atoms with Crippen LogP contribution in [0.1, 0.15) is 59.3 Å². The van der Waals surface area contributed by atoms with Gasteiger partial charge >= 0.3 is 0 Å². The molecule has 1 aliphatic rings. The van der Waals surface area contributed by atoms with Gasteiger partial charge in [0.15, 0.2) is 5.78 Å². The first kappa shape index (κ1) is 14.8. The van der Waals surface area contributed by atoms with Gasteiger partial charge in [-0.2, -0.15) is 0 Å². The summed E-state index contributed by atoms with van der Waals surface area (Å²) >= 11 is 0. The molecule has 0 radical (unpaired) electrons. The van der Waals surface area contributed by atoms with Crippen molar-refractivity contribution in [1.29, 1.82) is 0 Å². The van der Waals surface area contributed by atoms with E-state index in [1.807, 2.05) is 26.8 Å². The van der Waals surface area contributed by atoms with Crippen LogP contribution in [0.4, 0.5) is 0 Å². The standard InChI is InChI=1S/C17H23NO2/c1-11-12(2)16(17(20)18-13(11)3)15(19)10-9-14-7-5-4-6-8-14/h9-10,14H,4-8H2,1-3H3,(H,18,20)/b10-9+.